The molecule has 0 atom stereocenters. The molecule has 9 nitrogen and oxygen atoms in total. The third-order valence-corrected chi connectivity index (χ3v) is 8.24. The Kier molecular flexibility index (Phi) is 8.07. The summed E-state index contributed by atoms with van der Waals surface area (Å²) in [5, 5.41) is 24.0. The molecule has 45 heavy (non-hydrogen) atoms. The monoisotopic (exact) mass is 636 g/mol. The minimum atomic E-state index is -4.85. The molecule has 13 heteroatoms. The van der Waals surface area contributed by atoms with E-state index in [1.807, 2.05) is 0 Å². The minimum absolute atomic E-state index is 0.0130. The number of aryl methyl sites for hydroxylation is 1. The summed E-state index contributed by atoms with van der Waals surface area (Å²) in [6.45, 7) is 4.65. The van der Waals surface area contributed by atoms with E-state index in [-0.39, 0.29) is 22.1 Å². The molecule has 5 aromatic rings. The fourth-order valence-corrected chi connectivity index (χ4v) is 5.73. The maximum absolute atomic E-state index is 12.7. The van der Waals surface area contributed by atoms with Crippen LogP contribution in [0.1, 0.15) is 31.0 Å². The van der Waals surface area contributed by atoms with Crippen molar-refractivity contribution < 1.29 is 35.8 Å². The standard InChI is InChI=1S/C32H27F3N4O5S/c1-19-37-29(20-7-10-24(11-8-20)44-32(33,34)35)30(43-19)25-15-21(22-5-6-23(17-40)27(16-22)45(4,41)42)9-12-26(25)39-14-13-28(38-39)31(2,3)18-36/h5-16,40H,17H2,1-4H3. The van der Waals surface area contributed by atoms with Gasteiger partial charge in [0.1, 0.15) is 11.4 Å². The third kappa shape index (κ3) is 6.62. The zero-order valence-corrected chi connectivity index (χ0v) is 25.4. The SMILES string of the molecule is Cc1nc(-c2ccc(OC(F)(F)F)cc2)c(-c2cc(-c3ccc(CO)c(S(C)(=O)=O)c3)ccc2-n2ccc(C(C)(C)C#N)n2)o1. The Balaban J connectivity index is 1.71. The van der Waals surface area contributed by atoms with Gasteiger partial charge in [0.15, 0.2) is 21.5 Å². The normalized spacial score (nSPS) is 12.2. The summed E-state index contributed by atoms with van der Waals surface area (Å²) in [6.07, 6.45) is -2.09. The molecule has 0 saturated carbocycles. The van der Waals surface area contributed by atoms with Gasteiger partial charge in [0, 0.05) is 30.5 Å². The second-order valence-corrected chi connectivity index (χ2v) is 12.8. The van der Waals surface area contributed by atoms with Gasteiger partial charge in [0.2, 0.25) is 0 Å². The lowest BCUT2D eigenvalue weighted by Gasteiger charge is -2.15. The number of aliphatic hydroxyl groups is 1. The number of benzene rings is 3. The van der Waals surface area contributed by atoms with Crippen LogP contribution in [0.15, 0.2) is 82.2 Å². The van der Waals surface area contributed by atoms with Gasteiger partial charge in [-0.15, -0.1) is 13.2 Å². The molecule has 2 aromatic heterocycles. The highest BCUT2D eigenvalue weighted by atomic mass is 32.2. The van der Waals surface area contributed by atoms with Gasteiger partial charge in [-0.1, -0.05) is 18.2 Å². The number of sulfone groups is 1. The molecule has 0 saturated heterocycles. The van der Waals surface area contributed by atoms with E-state index in [9.17, 15) is 32.0 Å². The van der Waals surface area contributed by atoms with Gasteiger partial charge in [-0.3, -0.25) is 0 Å². The summed E-state index contributed by atoms with van der Waals surface area (Å²) < 4.78 is 74.9. The summed E-state index contributed by atoms with van der Waals surface area (Å²) in [4.78, 5) is 4.50. The maximum Gasteiger partial charge on any atom is 0.573 e. The highest BCUT2D eigenvalue weighted by molar-refractivity contribution is 7.90. The summed E-state index contributed by atoms with van der Waals surface area (Å²) in [7, 11) is -3.67. The molecular formula is C32H27F3N4O5S. The highest BCUT2D eigenvalue weighted by Gasteiger charge is 2.31. The number of aromatic nitrogens is 3. The number of halogens is 3. The van der Waals surface area contributed by atoms with Crippen LogP contribution in [0, 0.1) is 18.3 Å². The first-order chi connectivity index (χ1) is 21.1. The Morgan fingerprint density at radius 1 is 1.00 bits per heavy atom. The first kappa shape index (κ1) is 31.5. The van der Waals surface area contributed by atoms with Gasteiger partial charge in [-0.2, -0.15) is 10.4 Å². The number of nitrogens with zero attached hydrogens (tertiary/aromatic N) is 4. The van der Waals surface area contributed by atoms with Crippen molar-refractivity contribution in [1.82, 2.24) is 14.8 Å². The fourth-order valence-electron chi connectivity index (χ4n) is 4.78. The molecule has 232 valence electrons. The Labute approximate surface area is 257 Å². The van der Waals surface area contributed by atoms with Crippen molar-refractivity contribution in [1.29, 1.82) is 5.26 Å². The number of oxazole rings is 1. The average molecular weight is 637 g/mol. The van der Waals surface area contributed by atoms with Gasteiger partial charge in [-0.25, -0.2) is 18.1 Å². The van der Waals surface area contributed by atoms with Crippen LogP contribution >= 0.6 is 0 Å². The number of aliphatic hydroxyl groups excluding tert-OH is 1. The minimum Gasteiger partial charge on any atom is -0.440 e. The molecule has 2 heterocycles. The topological polar surface area (TPSA) is 131 Å². The van der Waals surface area contributed by atoms with Crippen LogP contribution in [0.3, 0.4) is 0 Å². The number of hydrogen-bond donors (Lipinski definition) is 1. The van der Waals surface area contributed by atoms with Gasteiger partial charge < -0.3 is 14.3 Å². The summed E-state index contributed by atoms with van der Waals surface area (Å²) in [5.41, 5.74) is 2.84. The number of rotatable bonds is 8. The molecule has 0 aliphatic carbocycles. The summed E-state index contributed by atoms with van der Waals surface area (Å²) in [6, 6.07) is 19.1. The molecule has 0 aliphatic heterocycles. The molecule has 0 unspecified atom stereocenters. The van der Waals surface area contributed by atoms with E-state index in [4.69, 9.17) is 4.42 Å². The Morgan fingerprint density at radius 2 is 1.64 bits per heavy atom. The fraction of sp³-hybridized carbons (Fsp3) is 0.219. The highest BCUT2D eigenvalue weighted by Crippen LogP contribution is 2.39. The van der Waals surface area contributed by atoms with Crippen LogP contribution in [0.25, 0.3) is 39.4 Å². The lowest BCUT2D eigenvalue weighted by molar-refractivity contribution is -0.274. The molecule has 1 N–H and O–H groups in total. The first-order valence-corrected chi connectivity index (χ1v) is 15.4. The largest absolute Gasteiger partial charge is 0.573 e. The Bertz CT molecular complexity index is 2040. The van der Waals surface area contributed by atoms with Crippen LogP contribution in [0.5, 0.6) is 5.75 Å². The molecule has 0 amide bonds. The molecular weight excluding hydrogens is 609 g/mol. The first-order valence-electron chi connectivity index (χ1n) is 13.5. The Morgan fingerprint density at radius 3 is 2.27 bits per heavy atom. The zero-order chi connectivity index (χ0) is 32.7. The van der Waals surface area contributed by atoms with Gasteiger partial charge in [0.25, 0.3) is 0 Å². The van der Waals surface area contributed by atoms with Crippen molar-refractivity contribution in [3.63, 3.8) is 0 Å². The lowest BCUT2D eigenvalue weighted by Crippen LogP contribution is -2.16. The van der Waals surface area contributed by atoms with E-state index < -0.39 is 34.0 Å². The van der Waals surface area contributed by atoms with E-state index in [2.05, 4.69) is 20.9 Å². The second kappa shape index (κ2) is 11.5. The van der Waals surface area contributed by atoms with E-state index in [0.29, 0.717) is 39.3 Å². The van der Waals surface area contributed by atoms with Crippen molar-refractivity contribution >= 4 is 9.84 Å². The predicted octanol–water partition coefficient (Wildman–Crippen LogP) is 6.77. The lowest BCUT2D eigenvalue weighted by atomic mass is 9.92. The van der Waals surface area contributed by atoms with E-state index in [1.165, 1.54) is 36.4 Å². The number of ether oxygens (including phenoxy) is 1. The molecule has 0 aliphatic rings. The molecule has 0 bridgehead atoms. The smallest absolute Gasteiger partial charge is 0.440 e. The quantitative estimate of drug-likeness (QED) is 0.198. The van der Waals surface area contributed by atoms with Crippen molar-refractivity contribution in [2.24, 2.45) is 0 Å². The Hall–Kier alpha value is -4.93. The third-order valence-electron chi connectivity index (χ3n) is 7.06. The van der Waals surface area contributed by atoms with Crippen LogP contribution < -0.4 is 4.74 Å². The second-order valence-electron chi connectivity index (χ2n) is 10.8. The number of alkyl halides is 3. The molecule has 3 aromatic carbocycles. The van der Waals surface area contributed by atoms with Crippen molar-refractivity contribution in [3.05, 3.63) is 90.1 Å². The number of hydrogen-bond acceptors (Lipinski definition) is 8. The van der Waals surface area contributed by atoms with Gasteiger partial charge in [-0.05, 0) is 79.1 Å². The summed E-state index contributed by atoms with van der Waals surface area (Å²) >= 11 is 0. The molecule has 5 rings (SSSR count). The van der Waals surface area contributed by atoms with E-state index in [1.54, 1.807) is 62.0 Å². The average Bonchev–Trinajstić information content (AvgIpc) is 3.63. The predicted molar refractivity (Wildman–Crippen MR) is 159 cm³/mol. The summed E-state index contributed by atoms with van der Waals surface area (Å²) in [5.74, 6) is 0.166. The van der Waals surface area contributed by atoms with Crippen LogP contribution in [-0.4, -0.2) is 40.9 Å². The van der Waals surface area contributed by atoms with Crippen molar-refractivity contribution in [2.45, 2.75) is 44.1 Å². The molecule has 0 fully saturated rings. The van der Waals surface area contributed by atoms with Crippen molar-refractivity contribution in [3.8, 4) is 51.2 Å². The van der Waals surface area contributed by atoms with Crippen molar-refractivity contribution in [2.75, 3.05) is 6.26 Å². The van der Waals surface area contributed by atoms with Gasteiger partial charge >= 0.3 is 6.36 Å². The van der Waals surface area contributed by atoms with E-state index in [0.717, 1.165) is 6.26 Å². The maximum atomic E-state index is 12.7. The van der Waals surface area contributed by atoms with E-state index >= 15 is 0 Å². The zero-order valence-electron chi connectivity index (χ0n) is 24.5. The van der Waals surface area contributed by atoms with Crippen LogP contribution in [0.2, 0.25) is 0 Å². The molecule has 0 radical (unpaired) electrons. The number of nitriles is 1. The van der Waals surface area contributed by atoms with Crippen LogP contribution in [0.4, 0.5) is 13.2 Å². The van der Waals surface area contributed by atoms with Gasteiger partial charge in [0.05, 0.1) is 34.4 Å². The molecule has 0 spiro atoms. The van der Waals surface area contributed by atoms with Crippen LogP contribution in [-0.2, 0) is 21.9 Å².